The normalized spacial score (nSPS) is 12.9. The van der Waals surface area contributed by atoms with Crippen LogP contribution in [0.5, 0.6) is 0 Å². The zero-order valence-electron chi connectivity index (χ0n) is 8.91. The number of sulfone groups is 1. The van der Waals surface area contributed by atoms with E-state index in [9.17, 15) is 16.8 Å². The lowest BCUT2D eigenvalue weighted by Gasteiger charge is -2.03. The van der Waals surface area contributed by atoms with Gasteiger partial charge in [0, 0.05) is 6.26 Å². The van der Waals surface area contributed by atoms with Gasteiger partial charge in [0.1, 0.15) is 14.7 Å². The number of sulfonamides is 1. The number of aromatic nitrogens is 2. The first kappa shape index (κ1) is 13.1. The Hall–Kier alpha value is -0.930. The summed E-state index contributed by atoms with van der Waals surface area (Å²) in [4.78, 5) is -0.0824. The summed E-state index contributed by atoms with van der Waals surface area (Å²) in [6.45, 7) is 1.63. The summed E-state index contributed by atoms with van der Waals surface area (Å²) >= 11 is 0. The third-order valence-electron chi connectivity index (χ3n) is 2.04. The molecule has 92 valence electrons. The fourth-order valence-electron chi connectivity index (χ4n) is 1.19. The lowest BCUT2D eigenvalue weighted by Crippen LogP contribution is -2.15. The molecule has 0 aromatic carbocycles. The van der Waals surface area contributed by atoms with Crippen molar-refractivity contribution in [3.05, 3.63) is 11.9 Å². The van der Waals surface area contributed by atoms with Crippen LogP contribution in [0.3, 0.4) is 0 Å². The monoisotopic (exact) mass is 267 g/mol. The fourth-order valence-corrected chi connectivity index (χ4v) is 2.40. The largest absolute Gasteiger partial charge is 0.267 e. The Morgan fingerprint density at radius 3 is 2.31 bits per heavy atom. The quantitative estimate of drug-likeness (QED) is 0.742. The number of nitrogens with two attached hydrogens (primary N) is 1. The highest BCUT2D eigenvalue weighted by molar-refractivity contribution is 7.90. The van der Waals surface area contributed by atoms with Gasteiger partial charge in [0.2, 0.25) is 10.0 Å². The average molecular weight is 267 g/mol. The summed E-state index contributed by atoms with van der Waals surface area (Å²) < 4.78 is 45.3. The van der Waals surface area contributed by atoms with Crippen LogP contribution in [0.2, 0.25) is 0 Å². The van der Waals surface area contributed by atoms with Crippen LogP contribution in [-0.2, 0) is 26.4 Å². The van der Waals surface area contributed by atoms with Crippen LogP contribution in [0, 0.1) is 6.92 Å². The Labute approximate surface area is 94.2 Å². The molecule has 0 spiro atoms. The molecule has 0 saturated carbocycles. The summed E-state index contributed by atoms with van der Waals surface area (Å²) in [7, 11) is -6.91. The van der Waals surface area contributed by atoms with Gasteiger partial charge in [-0.15, -0.1) is 0 Å². The lowest BCUT2D eigenvalue weighted by molar-refractivity contribution is 0.581. The van der Waals surface area contributed by atoms with Crippen LogP contribution in [-0.4, -0.2) is 38.6 Å². The lowest BCUT2D eigenvalue weighted by atomic mass is 10.5. The Bertz CT molecular complexity index is 585. The highest BCUT2D eigenvalue weighted by Crippen LogP contribution is 2.11. The van der Waals surface area contributed by atoms with E-state index in [0.717, 1.165) is 12.5 Å². The zero-order chi connectivity index (χ0) is 12.6. The molecule has 7 nitrogen and oxygen atoms in total. The third kappa shape index (κ3) is 3.29. The molecule has 1 aromatic heterocycles. The zero-order valence-corrected chi connectivity index (χ0v) is 10.5. The van der Waals surface area contributed by atoms with Crippen LogP contribution in [0.15, 0.2) is 11.1 Å². The van der Waals surface area contributed by atoms with Gasteiger partial charge in [0.25, 0.3) is 0 Å². The minimum Gasteiger partial charge on any atom is -0.267 e. The van der Waals surface area contributed by atoms with Crippen molar-refractivity contribution in [2.75, 3.05) is 12.0 Å². The van der Waals surface area contributed by atoms with Crippen LogP contribution in [0.25, 0.3) is 0 Å². The van der Waals surface area contributed by atoms with E-state index in [2.05, 4.69) is 5.10 Å². The van der Waals surface area contributed by atoms with E-state index >= 15 is 0 Å². The molecular formula is C7H13N3O4S2. The van der Waals surface area contributed by atoms with Gasteiger partial charge in [-0.1, -0.05) is 0 Å². The van der Waals surface area contributed by atoms with Crippen LogP contribution in [0.1, 0.15) is 5.69 Å². The molecule has 1 heterocycles. The van der Waals surface area contributed by atoms with Gasteiger partial charge in [0.05, 0.1) is 24.2 Å². The van der Waals surface area contributed by atoms with Crippen LogP contribution in [0.4, 0.5) is 0 Å². The van der Waals surface area contributed by atoms with E-state index in [1.165, 1.54) is 11.6 Å². The van der Waals surface area contributed by atoms with Gasteiger partial charge in [-0.25, -0.2) is 22.0 Å². The van der Waals surface area contributed by atoms with E-state index in [-0.39, 0.29) is 17.2 Å². The minimum absolute atomic E-state index is 0.0824. The van der Waals surface area contributed by atoms with Crippen molar-refractivity contribution in [2.24, 2.45) is 5.14 Å². The second-order valence-electron chi connectivity index (χ2n) is 3.49. The van der Waals surface area contributed by atoms with Gasteiger partial charge in [-0.05, 0) is 6.92 Å². The standard InChI is InChI=1S/C7H13N3O4S2/c1-6-7(16(8,13)14)5-9-10(6)3-4-15(2,11)12/h5H,3-4H2,1-2H3,(H2,8,13,14). The Morgan fingerprint density at radius 1 is 1.38 bits per heavy atom. The predicted octanol–water partition coefficient (Wildman–Crippen LogP) is -1.12. The van der Waals surface area contributed by atoms with Gasteiger partial charge >= 0.3 is 0 Å². The van der Waals surface area contributed by atoms with Crippen molar-refractivity contribution in [1.82, 2.24) is 9.78 Å². The molecule has 0 radical (unpaired) electrons. The SMILES string of the molecule is Cc1c(S(N)(=O)=O)cnn1CCS(C)(=O)=O. The number of hydrogen-bond acceptors (Lipinski definition) is 5. The first-order valence-corrected chi connectivity index (χ1v) is 7.95. The summed E-state index contributed by atoms with van der Waals surface area (Å²) in [5.74, 6) is -0.0976. The summed E-state index contributed by atoms with van der Waals surface area (Å²) in [5.41, 5.74) is 0.339. The highest BCUT2D eigenvalue weighted by atomic mass is 32.2. The van der Waals surface area contributed by atoms with Crippen LogP contribution >= 0.6 is 0 Å². The molecule has 1 aromatic rings. The van der Waals surface area contributed by atoms with Crippen molar-refractivity contribution in [3.63, 3.8) is 0 Å². The van der Waals surface area contributed by atoms with Gasteiger partial charge in [0.15, 0.2) is 0 Å². The summed E-state index contributed by atoms with van der Waals surface area (Å²) in [5, 5.41) is 8.73. The second-order valence-corrected chi connectivity index (χ2v) is 7.28. The summed E-state index contributed by atoms with van der Waals surface area (Å²) in [6, 6.07) is 0. The Morgan fingerprint density at radius 2 is 1.94 bits per heavy atom. The number of hydrogen-bond donors (Lipinski definition) is 1. The Balaban J connectivity index is 2.98. The van der Waals surface area contributed by atoms with Crippen molar-refractivity contribution in [1.29, 1.82) is 0 Å². The molecule has 2 N–H and O–H groups in total. The summed E-state index contributed by atoms with van der Waals surface area (Å²) in [6.07, 6.45) is 2.22. The Kier molecular flexibility index (Phi) is 3.41. The molecule has 0 fully saturated rings. The topological polar surface area (TPSA) is 112 Å². The molecule has 1 rings (SSSR count). The van der Waals surface area contributed by atoms with Crippen molar-refractivity contribution >= 4 is 19.9 Å². The van der Waals surface area contributed by atoms with Gasteiger partial charge in [-0.3, -0.25) is 4.68 Å². The molecule has 16 heavy (non-hydrogen) atoms. The molecular weight excluding hydrogens is 254 g/mol. The van der Waals surface area contributed by atoms with E-state index in [1.54, 1.807) is 0 Å². The molecule has 9 heteroatoms. The maximum atomic E-state index is 11.1. The van der Waals surface area contributed by atoms with Crippen molar-refractivity contribution in [2.45, 2.75) is 18.4 Å². The molecule has 0 atom stereocenters. The predicted molar refractivity (Wildman–Crippen MR) is 58.0 cm³/mol. The van der Waals surface area contributed by atoms with Gasteiger partial charge in [-0.2, -0.15) is 5.10 Å². The molecule has 0 bridgehead atoms. The smallest absolute Gasteiger partial charge is 0.241 e. The van der Waals surface area contributed by atoms with E-state index in [0.29, 0.717) is 5.69 Å². The van der Waals surface area contributed by atoms with Gasteiger partial charge < -0.3 is 0 Å². The first-order valence-electron chi connectivity index (χ1n) is 4.34. The fraction of sp³-hybridized carbons (Fsp3) is 0.571. The molecule has 0 aliphatic rings. The molecule has 0 aliphatic heterocycles. The molecule has 0 aliphatic carbocycles. The molecule has 0 unspecified atom stereocenters. The number of aryl methyl sites for hydroxylation is 1. The maximum Gasteiger partial charge on any atom is 0.241 e. The maximum absolute atomic E-state index is 11.1. The average Bonchev–Trinajstić information content (AvgIpc) is 2.41. The first-order chi connectivity index (χ1) is 7.11. The van der Waals surface area contributed by atoms with E-state index in [1.807, 2.05) is 0 Å². The number of rotatable bonds is 4. The molecule has 0 amide bonds. The van der Waals surface area contributed by atoms with E-state index in [4.69, 9.17) is 5.14 Å². The number of nitrogens with zero attached hydrogens (tertiary/aromatic N) is 2. The minimum atomic E-state index is -3.80. The number of primary sulfonamides is 1. The van der Waals surface area contributed by atoms with Crippen LogP contribution < -0.4 is 5.14 Å². The van der Waals surface area contributed by atoms with E-state index < -0.39 is 19.9 Å². The van der Waals surface area contributed by atoms with Crippen molar-refractivity contribution < 1.29 is 16.8 Å². The second kappa shape index (κ2) is 4.15. The highest BCUT2D eigenvalue weighted by Gasteiger charge is 2.16. The van der Waals surface area contributed by atoms with Crippen molar-refractivity contribution in [3.8, 4) is 0 Å². The third-order valence-corrected chi connectivity index (χ3v) is 3.98. The molecule has 0 saturated heterocycles.